The Morgan fingerprint density at radius 3 is 1.93 bits per heavy atom. The second-order valence-electron chi connectivity index (χ2n) is 5.87. The third-order valence-electron chi connectivity index (χ3n) is 3.63. The van der Waals surface area contributed by atoms with Gasteiger partial charge in [-0.2, -0.15) is 0 Å². The molecule has 0 heterocycles. The maximum Gasteiger partial charge on any atom is 0.0127 e. The summed E-state index contributed by atoms with van der Waals surface area (Å²) in [5.41, 5.74) is 0.347. The van der Waals surface area contributed by atoms with Crippen molar-refractivity contribution in [2.24, 2.45) is 5.92 Å². The van der Waals surface area contributed by atoms with Crippen LogP contribution in [0.1, 0.15) is 60.3 Å². The number of nitrogens with zero attached hydrogens (tertiary/aromatic N) is 1. The molecular formula is C13H27N. The van der Waals surface area contributed by atoms with Crippen molar-refractivity contribution in [1.29, 1.82) is 0 Å². The van der Waals surface area contributed by atoms with Crippen LogP contribution < -0.4 is 0 Å². The lowest BCUT2D eigenvalue weighted by Gasteiger charge is -2.43. The van der Waals surface area contributed by atoms with Gasteiger partial charge in [-0.25, -0.2) is 0 Å². The van der Waals surface area contributed by atoms with Crippen LogP contribution in [0.25, 0.3) is 0 Å². The summed E-state index contributed by atoms with van der Waals surface area (Å²) in [5.74, 6) is 0.963. The molecule has 1 heteroatoms. The van der Waals surface area contributed by atoms with Crippen LogP contribution in [0.2, 0.25) is 0 Å². The molecule has 0 spiro atoms. The molecule has 0 unspecified atom stereocenters. The molecule has 0 aromatic carbocycles. The van der Waals surface area contributed by atoms with Crippen LogP contribution in [0.3, 0.4) is 0 Å². The van der Waals surface area contributed by atoms with Gasteiger partial charge in [-0.1, -0.05) is 13.8 Å². The maximum atomic E-state index is 2.68. The van der Waals surface area contributed by atoms with Crippen LogP contribution >= 0.6 is 0 Å². The van der Waals surface area contributed by atoms with Crippen molar-refractivity contribution in [2.75, 3.05) is 6.54 Å². The van der Waals surface area contributed by atoms with Gasteiger partial charge >= 0.3 is 0 Å². The van der Waals surface area contributed by atoms with Crippen LogP contribution in [-0.4, -0.2) is 23.0 Å². The summed E-state index contributed by atoms with van der Waals surface area (Å²) in [7, 11) is 0. The number of hydrogen-bond acceptors (Lipinski definition) is 1. The van der Waals surface area contributed by atoms with Crippen molar-refractivity contribution in [3.8, 4) is 0 Å². The molecule has 0 bridgehead atoms. The summed E-state index contributed by atoms with van der Waals surface area (Å²) in [6, 6.07) is 0.844. The molecule has 0 atom stereocenters. The van der Waals surface area contributed by atoms with Crippen molar-refractivity contribution >= 4 is 0 Å². The Balaban J connectivity index is 2.54. The molecule has 0 aromatic heterocycles. The molecule has 1 saturated carbocycles. The maximum absolute atomic E-state index is 2.68. The van der Waals surface area contributed by atoms with E-state index in [1.807, 2.05) is 0 Å². The van der Waals surface area contributed by atoms with Gasteiger partial charge in [0.2, 0.25) is 0 Å². The van der Waals surface area contributed by atoms with Gasteiger partial charge in [-0.3, -0.25) is 4.90 Å². The smallest absolute Gasteiger partial charge is 0.0127 e. The predicted molar refractivity (Wildman–Crippen MR) is 63.6 cm³/mol. The summed E-state index contributed by atoms with van der Waals surface area (Å²) in [5, 5.41) is 0. The summed E-state index contributed by atoms with van der Waals surface area (Å²) >= 11 is 0. The first-order valence-electron chi connectivity index (χ1n) is 6.22. The highest BCUT2D eigenvalue weighted by Crippen LogP contribution is 2.30. The van der Waals surface area contributed by atoms with Gasteiger partial charge in [0.05, 0.1) is 0 Å². The number of rotatable bonds is 2. The highest BCUT2D eigenvalue weighted by molar-refractivity contribution is 4.85. The Morgan fingerprint density at radius 2 is 1.57 bits per heavy atom. The minimum Gasteiger partial charge on any atom is -0.296 e. The van der Waals surface area contributed by atoms with Gasteiger partial charge in [-0.05, 0) is 58.9 Å². The zero-order valence-corrected chi connectivity index (χ0v) is 10.6. The third kappa shape index (κ3) is 2.98. The Labute approximate surface area is 89.9 Å². The zero-order chi connectivity index (χ0) is 10.8. The van der Waals surface area contributed by atoms with E-state index in [1.165, 1.54) is 32.2 Å². The monoisotopic (exact) mass is 197 g/mol. The Bertz CT molecular complexity index is 161. The van der Waals surface area contributed by atoms with Crippen LogP contribution in [0.15, 0.2) is 0 Å². The predicted octanol–water partition coefficient (Wildman–Crippen LogP) is 3.69. The van der Waals surface area contributed by atoms with Gasteiger partial charge in [0.25, 0.3) is 0 Å². The summed E-state index contributed by atoms with van der Waals surface area (Å²) < 4.78 is 0. The van der Waals surface area contributed by atoms with E-state index in [9.17, 15) is 0 Å². The normalized spacial score (nSPS) is 29.6. The molecule has 0 aliphatic heterocycles. The van der Waals surface area contributed by atoms with E-state index < -0.39 is 0 Å². The van der Waals surface area contributed by atoms with Crippen LogP contribution in [0.4, 0.5) is 0 Å². The SMILES string of the molecule is CCN(C1CCC(C)CC1)C(C)(C)C. The Morgan fingerprint density at radius 1 is 1.07 bits per heavy atom. The first-order chi connectivity index (χ1) is 6.45. The number of hydrogen-bond donors (Lipinski definition) is 0. The van der Waals surface area contributed by atoms with E-state index in [2.05, 4.69) is 39.5 Å². The topological polar surface area (TPSA) is 3.24 Å². The highest BCUT2D eigenvalue weighted by Gasteiger charge is 2.29. The van der Waals surface area contributed by atoms with Gasteiger partial charge in [0, 0.05) is 11.6 Å². The lowest BCUT2D eigenvalue weighted by Crippen LogP contribution is -2.49. The summed E-state index contributed by atoms with van der Waals surface area (Å²) in [6.45, 7) is 12.9. The standard InChI is InChI=1S/C13H27N/c1-6-14(13(3,4)5)12-9-7-11(2)8-10-12/h11-12H,6-10H2,1-5H3. The molecule has 0 aromatic rings. The fourth-order valence-corrected chi connectivity index (χ4v) is 2.83. The second-order valence-corrected chi connectivity index (χ2v) is 5.87. The molecule has 1 nitrogen and oxygen atoms in total. The second kappa shape index (κ2) is 4.65. The molecule has 0 N–H and O–H groups in total. The Hall–Kier alpha value is -0.0400. The van der Waals surface area contributed by atoms with Gasteiger partial charge in [0.15, 0.2) is 0 Å². The van der Waals surface area contributed by atoms with Gasteiger partial charge < -0.3 is 0 Å². The zero-order valence-electron chi connectivity index (χ0n) is 10.6. The first kappa shape index (κ1) is 12.0. The van der Waals surface area contributed by atoms with Crippen molar-refractivity contribution in [3.63, 3.8) is 0 Å². The molecule has 0 saturated heterocycles. The lowest BCUT2D eigenvalue weighted by molar-refractivity contribution is 0.0584. The molecule has 1 fully saturated rings. The lowest BCUT2D eigenvalue weighted by atomic mass is 9.85. The highest BCUT2D eigenvalue weighted by atomic mass is 15.2. The van der Waals surface area contributed by atoms with Crippen LogP contribution in [-0.2, 0) is 0 Å². The molecule has 84 valence electrons. The van der Waals surface area contributed by atoms with Crippen molar-refractivity contribution < 1.29 is 0 Å². The van der Waals surface area contributed by atoms with Crippen LogP contribution in [0, 0.1) is 5.92 Å². The van der Waals surface area contributed by atoms with E-state index in [-0.39, 0.29) is 0 Å². The Kier molecular flexibility index (Phi) is 4.00. The fourth-order valence-electron chi connectivity index (χ4n) is 2.83. The molecular weight excluding hydrogens is 170 g/mol. The van der Waals surface area contributed by atoms with E-state index >= 15 is 0 Å². The minimum absolute atomic E-state index is 0.347. The van der Waals surface area contributed by atoms with E-state index in [1.54, 1.807) is 0 Å². The molecule has 1 aliphatic carbocycles. The summed E-state index contributed by atoms with van der Waals surface area (Å²) in [4.78, 5) is 2.68. The van der Waals surface area contributed by atoms with Crippen molar-refractivity contribution in [1.82, 2.24) is 4.90 Å². The van der Waals surface area contributed by atoms with Crippen molar-refractivity contribution in [3.05, 3.63) is 0 Å². The molecule has 14 heavy (non-hydrogen) atoms. The molecule has 0 amide bonds. The third-order valence-corrected chi connectivity index (χ3v) is 3.63. The van der Waals surface area contributed by atoms with E-state index in [4.69, 9.17) is 0 Å². The fraction of sp³-hybridized carbons (Fsp3) is 1.00. The largest absolute Gasteiger partial charge is 0.296 e. The van der Waals surface area contributed by atoms with Gasteiger partial charge in [0.1, 0.15) is 0 Å². The average Bonchev–Trinajstić information content (AvgIpc) is 2.07. The van der Waals surface area contributed by atoms with Gasteiger partial charge in [-0.15, -0.1) is 0 Å². The summed E-state index contributed by atoms with van der Waals surface area (Å²) in [6.07, 6.45) is 5.67. The van der Waals surface area contributed by atoms with E-state index in [0.717, 1.165) is 12.0 Å². The molecule has 1 rings (SSSR count). The first-order valence-corrected chi connectivity index (χ1v) is 6.22. The molecule has 0 radical (unpaired) electrons. The molecule has 1 aliphatic rings. The van der Waals surface area contributed by atoms with E-state index in [0.29, 0.717) is 5.54 Å². The average molecular weight is 197 g/mol. The van der Waals surface area contributed by atoms with Crippen molar-refractivity contribution in [2.45, 2.75) is 71.9 Å². The minimum atomic E-state index is 0.347. The quantitative estimate of drug-likeness (QED) is 0.652. The van der Waals surface area contributed by atoms with Crippen LogP contribution in [0.5, 0.6) is 0 Å².